The molecule has 0 spiro atoms. The minimum atomic E-state index is 0.301. The van der Waals surface area contributed by atoms with Crippen LogP contribution in [0.4, 0.5) is 5.95 Å². The van der Waals surface area contributed by atoms with Crippen LogP contribution in [0, 0.1) is 0 Å². The predicted octanol–water partition coefficient (Wildman–Crippen LogP) is 2.24. The normalized spacial score (nSPS) is 19.9. The van der Waals surface area contributed by atoms with Gasteiger partial charge in [0.05, 0.1) is 22.7 Å². The summed E-state index contributed by atoms with van der Waals surface area (Å²) in [6.07, 6.45) is 9.15. The lowest BCUT2D eigenvalue weighted by molar-refractivity contribution is 0.371. The van der Waals surface area contributed by atoms with Crippen molar-refractivity contribution < 1.29 is 0 Å². The number of hydrogen-bond donors (Lipinski definition) is 2. The SMILES string of the molecule is N[C@H]1C[C@@H](Nc2ncc3c(-c4ccc5nccnc5c4)ccn3n2)C1. The molecule has 0 saturated heterocycles. The second-order valence-electron chi connectivity index (χ2n) is 6.47. The van der Waals surface area contributed by atoms with Crippen LogP contribution >= 0.6 is 0 Å². The molecule has 0 bridgehead atoms. The lowest BCUT2D eigenvalue weighted by Crippen LogP contribution is -2.44. The van der Waals surface area contributed by atoms with Gasteiger partial charge in [-0.05, 0) is 36.6 Å². The molecule has 1 saturated carbocycles. The van der Waals surface area contributed by atoms with Crippen molar-refractivity contribution in [3.05, 3.63) is 49.1 Å². The van der Waals surface area contributed by atoms with Gasteiger partial charge in [-0.3, -0.25) is 9.97 Å². The third-order valence-electron chi connectivity index (χ3n) is 4.70. The first kappa shape index (κ1) is 14.3. The van der Waals surface area contributed by atoms with Crippen molar-refractivity contribution in [3.63, 3.8) is 0 Å². The highest BCUT2D eigenvalue weighted by Crippen LogP contribution is 2.27. The Kier molecular flexibility index (Phi) is 3.14. The van der Waals surface area contributed by atoms with Gasteiger partial charge >= 0.3 is 0 Å². The van der Waals surface area contributed by atoms with E-state index in [1.807, 2.05) is 41.2 Å². The molecule has 7 heteroatoms. The second kappa shape index (κ2) is 5.49. The summed E-state index contributed by atoms with van der Waals surface area (Å²) in [7, 11) is 0. The van der Waals surface area contributed by atoms with E-state index >= 15 is 0 Å². The predicted molar refractivity (Wildman–Crippen MR) is 96.1 cm³/mol. The van der Waals surface area contributed by atoms with Crippen LogP contribution < -0.4 is 11.1 Å². The van der Waals surface area contributed by atoms with Crippen molar-refractivity contribution in [2.24, 2.45) is 5.73 Å². The Morgan fingerprint density at radius 2 is 1.88 bits per heavy atom. The Balaban J connectivity index is 1.50. The first-order chi connectivity index (χ1) is 12.3. The third kappa shape index (κ3) is 2.49. The van der Waals surface area contributed by atoms with E-state index in [2.05, 4.69) is 25.4 Å². The quantitative estimate of drug-likeness (QED) is 0.598. The van der Waals surface area contributed by atoms with Gasteiger partial charge in [0.15, 0.2) is 0 Å². The van der Waals surface area contributed by atoms with Gasteiger partial charge < -0.3 is 11.1 Å². The maximum Gasteiger partial charge on any atom is 0.241 e. The van der Waals surface area contributed by atoms with E-state index in [-0.39, 0.29) is 0 Å². The van der Waals surface area contributed by atoms with E-state index in [0.29, 0.717) is 18.0 Å². The van der Waals surface area contributed by atoms with Crippen molar-refractivity contribution in [1.82, 2.24) is 24.6 Å². The fourth-order valence-electron chi connectivity index (χ4n) is 3.30. The molecule has 3 N–H and O–H groups in total. The Labute approximate surface area is 143 Å². The van der Waals surface area contributed by atoms with E-state index in [1.165, 1.54) is 0 Å². The van der Waals surface area contributed by atoms with Crippen molar-refractivity contribution in [2.45, 2.75) is 24.9 Å². The minimum Gasteiger partial charge on any atom is -0.350 e. The molecule has 1 fully saturated rings. The van der Waals surface area contributed by atoms with Gasteiger partial charge in [0, 0.05) is 36.2 Å². The lowest BCUT2D eigenvalue weighted by atomic mass is 9.88. The summed E-state index contributed by atoms with van der Waals surface area (Å²) in [5, 5.41) is 7.89. The number of nitrogens with zero attached hydrogens (tertiary/aromatic N) is 5. The molecule has 4 aromatic rings. The Morgan fingerprint density at radius 1 is 1.04 bits per heavy atom. The molecule has 7 nitrogen and oxygen atoms in total. The maximum absolute atomic E-state index is 5.82. The molecule has 0 amide bonds. The summed E-state index contributed by atoms with van der Waals surface area (Å²) in [4.78, 5) is 13.2. The van der Waals surface area contributed by atoms with E-state index in [0.717, 1.165) is 40.5 Å². The van der Waals surface area contributed by atoms with E-state index in [1.54, 1.807) is 12.4 Å². The van der Waals surface area contributed by atoms with Crippen LogP contribution in [-0.4, -0.2) is 36.6 Å². The maximum atomic E-state index is 5.82. The molecular formula is C18H17N7. The number of fused-ring (bicyclic) bond motifs is 2. The average Bonchev–Trinajstić information content (AvgIpc) is 3.03. The number of hydrogen-bond acceptors (Lipinski definition) is 6. The molecule has 3 aromatic heterocycles. The molecule has 3 heterocycles. The molecule has 124 valence electrons. The zero-order valence-corrected chi connectivity index (χ0v) is 13.5. The van der Waals surface area contributed by atoms with Gasteiger partial charge in [-0.25, -0.2) is 9.50 Å². The first-order valence-corrected chi connectivity index (χ1v) is 8.34. The van der Waals surface area contributed by atoms with Crippen molar-refractivity contribution in [3.8, 4) is 11.1 Å². The second-order valence-corrected chi connectivity index (χ2v) is 6.47. The van der Waals surface area contributed by atoms with Crippen LogP contribution in [0.15, 0.2) is 49.1 Å². The van der Waals surface area contributed by atoms with E-state index in [9.17, 15) is 0 Å². The minimum absolute atomic E-state index is 0.301. The summed E-state index contributed by atoms with van der Waals surface area (Å²) in [6, 6.07) is 8.80. The van der Waals surface area contributed by atoms with Gasteiger partial charge in [0.25, 0.3) is 0 Å². The number of benzene rings is 1. The van der Waals surface area contributed by atoms with Crippen LogP contribution in [0.2, 0.25) is 0 Å². The number of anilines is 1. The summed E-state index contributed by atoms with van der Waals surface area (Å²) in [5.74, 6) is 0.635. The van der Waals surface area contributed by atoms with Crippen LogP contribution in [0.1, 0.15) is 12.8 Å². The zero-order valence-electron chi connectivity index (χ0n) is 13.5. The van der Waals surface area contributed by atoms with Gasteiger partial charge in [-0.15, -0.1) is 5.10 Å². The Hall–Kier alpha value is -3.06. The lowest BCUT2D eigenvalue weighted by Gasteiger charge is -2.32. The topological polar surface area (TPSA) is 94.0 Å². The van der Waals surface area contributed by atoms with Crippen LogP contribution in [0.5, 0.6) is 0 Å². The monoisotopic (exact) mass is 331 g/mol. The van der Waals surface area contributed by atoms with Gasteiger partial charge in [-0.1, -0.05) is 6.07 Å². The van der Waals surface area contributed by atoms with Crippen molar-refractivity contribution in [2.75, 3.05) is 5.32 Å². The fourth-order valence-corrected chi connectivity index (χ4v) is 3.30. The van der Waals surface area contributed by atoms with Gasteiger partial charge in [0.1, 0.15) is 0 Å². The van der Waals surface area contributed by atoms with Gasteiger partial charge in [0.2, 0.25) is 5.95 Å². The summed E-state index contributed by atoms with van der Waals surface area (Å²) in [5.41, 5.74) is 10.7. The molecule has 5 rings (SSSR count). The van der Waals surface area contributed by atoms with E-state index < -0.39 is 0 Å². The Bertz CT molecular complexity index is 1070. The molecule has 1 aliphatic carbocycles. The molecule has 0 atom stereocenters. The van der Waals surface area contributed by atoms with Crippen molar-refractivity contribution in [1.29, 1.82) is 0 Å². The summed E-state index contributed by atoms with van der Waals surface area (Å²) < 4.78 is 1.85. The average molecular weight is 331 g/mol. The summed E-state index contributed by atoms with van der Waals surface area (Å²) in [6.45, 7) is 0. The molecule has 1 aromatic carbocycles. The van der Waals surface area contributed by atoms with Crippen LogP contribution in [0.25, 0.3) is 27.7 Å². The third-order valence-corrected chi connectivity index (χ3v) is 4.70. The standard InChI is InChI=1S/C18H17N7/c19-12-8-13(9-12)23-18-22-10-17-14(3-6-25(17)24-18)11-1-2-15-16(7-11)21-5-4-20-15/h1-7,10,12-13H,8-9,19H2,(H,23,24)/t12-,13+. The Morgan fingerprint density at radius 3 is 2.72 bits per heavy atom. The smallest absolute Gasteiger partial charge is 0.241 e. The van der Waals surface area contributed by atoms with Gasteiger partial charge in [-0.2, -0.15) is 0 Å². The number of nitrogens with one attached hydrogen (secondary N) is 1. The van der Waals surface area contributed by atoms with E-state index in [4.69, 9.17) is 5.73 Å². The van der Waals surface area contributed by atoms with Crippen LogP contribution in [0.3, 0.4) is 0 Å². The molecular weight excluding hydrogens is 314 g/mol. The van der Waals surface area contributed by atoms with Crippen molar-refractivity contribution >= 4 is 22.5 Å². The largest absolute Gasteiger partial charge is 0.350 e. The highest BCUT2D eigenvalue weighted by molar-refractivity contribution is 5.86. The fraction of sp³-hybridized carbons (Fsp3) is 0.222. The molecule has 0 radical (unpaired) electrons. The number of rotatable bonds is 3. The number of aromatic nitrogens is 5. The highest BCUT2D eigenvalue weighted by Gasteiger charge is 2.26. The highest BCUT2D eigenvalue weighted by atomic mass is 15.3. The summed E-state index contributed by atoms with van der Waals surface area (Å²) >= 11 is 0. The first-order valence-electron chi connectivity index (χ1n) is 8.34. The molecule has 0 aliphatic heterocycles. The zero-order chi connectivity index (χ0) is 16.8. The number of nitrogens with two attached hydrogens (primary N) is 1. The van der Waals surface area contributed by atoms with Crippen LogP contribution in [-0.2, 0) is 0 Å². The molecule has 0 unspecified atom stereocenters. The molecule has 1 aliphatic rings. The molecule has 25 heavy (non-hydrogen) atoms.